The highest BCUT2D eigenvalue weighted by atomic mass is 19.1. The topological polar surface area (TPSA) is 21.3 Å². The van der Waals surface area contributed by atoms with Crippen LogP contribution in [0.15, 0.2) is 18.2 Å². The molecular formula is C17H26FNO. The van der Waals surface area contributed by atoms with Gasteiger partial charge in [-0.05, 0) is 68.3 Å². The van der Waals surface area contributed by atoms with Gasteiger partial charge in [-0.15, -0.1) is 0 Å². The third-order valence-electron chi connectivity index (χ3n) is 4.17. The van der Waals surface area contributed by atoms with Crippen LogP contribution < -0.4 is 5.32 Å². The maximum atomic E-state index is 13.4. The molecule has 1 heterocycles. The molecule has 20 heavy (non-hydrogen) atoms. The van der Waals surface area contributed by atoms with Gasteiger partial charge in [0, 0.05) is 12.6 Å². The lowest BCUT2D eigenvalue weighted by Gasteiger charge is -2.31. The second kappa shape index (κ2) is 7.75. The largest absolute Gasteiger partial charge is 0.381 e. The predicted molar refractivity (Wildman–Crippen MR) is 80.5 cm³/mol. The summed E-state index contributed by atoms with van der Waals surface area (Å²) in [4.78, 5) is 0. The molecule has 1 fully saturated rings. The van der Waals surface area contributed by atoms with Crippen LogP contribution in [0.25, 0.3) is 0 Å². The quantitative estimate of drug-likeness (QED) is 0.861. The number of nitrogens with one attached hydrogen (secondary N) is 1. The Morgan fingerprint density at radius 3 is 3.00 bits per heavy atom. The normalized spacial score (nSPS) is 20.9. The van der Waals surface area contributed by atoms with E-state index in [1.165, 1.54) is 18.1 Å². The van der Waals surface area contributed by atoms with Gasteiger partial charge >= 0.3 is 0 Å². The van der Waals surface area contributed by atoms with E-state index in [1.54, 1.807) is 6.07 Å². The molecule has 3 heteroatoms. The van der Waals surface area contributed by atoms with E-state index < -0.39 is 0 Å². The van der Waals surface area contributed by atoms with Gasteiger partial charge in [0.25, 0.3) is 0 Å². The van der Waals surface area contributed by atoms with E-state index in [4.69, 9.17) is 4.74 Å². The Kier molecular flexibility index (Phi) is 5.99. The van der Waals surface area contributed by atoms with Crippen LogP contribution in [0.1, 0.15) is 37.3 Å². The highest BCUT2D eigenvalue weighted by Gasteiger charge is 2.24. The number of ether oxygens (including phenoxy) is 1. The lowest BCUT2D eigenvalue weighted by Crippen LogP contribution is -2.42. The third kappa shape index (κ3) is 4.29. The zero-order valence-electron chi connectivity index (χ0n) is 12.6. The molecule has 1 saturated heterocycles. The van der Waals surface area contributed by atoms with Crippen molar-refractivity contribution in [1.29, 1.82) is 0 Å². The summed E-state index contributed by atoms with van der Waals surface area (Å²) in [6.07, 6.45) is 4.34. The zero-order valence-corrected chi connectivity index (χ0v) is 12.6. The third-order valence-corrected chi connectivity index (χ3v) is 4.17. The molecule has 1 aliphatic heterocycles. The van der Waals surface area contributed by atoms with E-state index in [1.807, 2.05) is 6.07 Å². The second-order valence-electron chi connectivity index (χ2n) is 5.81. The van der Waals surface area contributed by atoms with Crippen molar-refractivity contribution in [2.24, 2.45) is 5.92 Å². The average Bonchev–Trinajstić information content (AvgIpc) is 2.48. The maximum absolute atomic E-state index is 13.4. The lowest BCUT2D eigenvalue weighted by atomic mass is 9.88. The summed E-state index contributed by atoms with van der Waals surface area (Å²) in [5.41, 5.74) is 2.29. The van der Waals surface area contributed by atoms with Crippen molar-refractivity contribution >= 4 is 0 Å². The van der Waals surface area contributed by atoms with Crippen LogP contribution >= 0.6 is 0 Å². The van der Waals surface area contributed by atoms with E-state index in [9.17, 15) is 4.39 Å². The first-order chi connectivity index (χ1) is 9.70. The molecule has 0 aliphatic carbocycles. The first kappa shape index (κ1) is 15.5. The monoisotopic (exact) mass is 279 g/mol. The average molecular weight is 279 g/mol. The van der Waals surface area contributed by atoms with Crippen LogP contribution in [-0.2, 0) is 11.2 Å². The summed E-state index contributed by atoms with van der Waals surface area (Å²) in [5, 5.41) is 3.63. The predicted octanol–water partition coefficient (Wildman–Crippen LogP) is 3.47. The summed E-state index contributed by atoms with van der Waals surface area (Å²) in [7, 11) is 0. The van der Waals surface area contributed by atoms with E-state index >= 15 is 0 Å². The minimum atomic E-state index is -0.139. The second-order valence-corrected chi connectivity index (χ2v) is 5.81. The van der Waals surface area contributed by atoms with E-state index in [0.29, 0.717) is 12.0 Å². The molecule has 0 saturated carbocycles. The molecule has 1 N–H and O–H groups in total. The molecule has 0 radical (unpaired) electrons. The number of halogens is 1. The van der Waals surface area contributed by atoms with Crippen molar-refractivity contribution in [2.45, 2.75) is 45.6 Å². The van der Waals surface area contributed by atoms with Crippen LogP contribution in [0.4, 0.5) is 4.39 Å². The van der Waals surface area contributed by atoms with E-state index in [0.717, 1.165) is 44.6 Å². The van der Waals surface area contributed by atoms with Crippen molar-refractivity contribution in [3.8, 4) is 0 Å². The van der Waals surface area contributed by atoms with E-state index in [-0.39, 0.29) is 5.82 Å². The Hall–Kier alpha value is -0.930. The molecule has 2 rings (SSSR count). The van der Waals surface area contributed by atoms with Gasteiger partial charge in [0.05, 0.1) is 6.61 Å². The first-order valence-electron chi connectivity index (χ1n) is 7.77. The lowest BCUT2D eigenvalue weighted by molar-refractivity contribution is 0.0393. The van der Waals surface area contributed by atoms with Gasteiger partial charge in [0.2, 0.25) is 0 Å². The first-order valence-corrected chi connectivity index (χ1v) is 7.77. The molecule has 2 nitrogen and oxygen atoms in total. The molecule has 2 unspecified atom stereocenters. The van der Waals surface area contributed by atoms with Gasteiger partial charge in [-0.25, -0.2) is 4.39 Å². The molecule has 0 spiro atoms. The highest BCUT2D eigenvalue weighted by Crippen LogP contribution is 2.22. The highest BCUT2D eigenvalue weighted by molar-refractivity contribution is 5.27. The van der Waals surface area contributed by atoms with Crippen molar-refractivity contribution in [3.05, 3.63) is 35.1 Å². The maximum Gasteiger partial charge on any atom is 0.123 e. The molecule has 0 bridgehead atoms. The smallest absolute Gasteiger partial charge is 0.123 e. The minimum Gasteiger partial charge on any atom is -0.381 e. The molecule has 1 aromatic carbocycles. The van der Waals surface area contributed by atoms with Gasteiger partial charge in [-0.2, -0.15) is 0 Å². The fourth-order valence-corrected chi connectivity index (χ4v) is 2.92. The molecule has 0 amide bonds. The van der Waals surface area contributed by atoms with Gasteiger partial charge in [-0.1, -0.05) is 13.0 Å². The SMILES string of the molecule is CCCNC(Cc1cc(F)ccc1C)C1CCCOC1. The fourth-order valence-electron chi connectivity index (χ4n) is 2.92. The number of aryl methyl sites for hydroxylation is 1. The zero-order chi connectivity index (χ0) is 14.4. The summed E-state index contributed by atoms with van der Waals surface area (Å²) in [6.45, 7) is 6.96. The Labute approximate surface area is 121 Å². The van der Waals surface area contributed by atoms with Crippen LogP contribution in [0, 0.1) is 18.7 Å². The van der Waals surface area contributed by atoms with Crippen molar-refractivity contribution in [2.75, 3.05) is 19.8 Å². The summed E-state index contributed by atoms with van der Waals surface area (Å²) in [6, 6.07) is 5.48. The van der Waals surface area contributed by atoms with Crippen molar-refractivity contribution < 1.29 is 9.13 Å². The standard InChI is InChI=1S/C17H26FNO/c1-3-8-19-17(14-5-4-9-20-12-14)11-15-10-16(18)7-6-13(15)2/h6-7,10,14,17,19H,3-5,8-9,11-12H2,1-2H3. The summed E-state index contributed by atoms with van der Waals surface area (Å²) in [5.74, 6) is 0.401. The molecule has 1 aromatic rings. The van der Waals surface area contributed by atoms with Gasteiger partial charge in [0.1, 0.15) is 5.82 Å². The van der Waals surface area contributed by atoms with Crippen LogP contribution in [-0.4, -0.2) is 25.8 Å². The Balaban J connectivity index is 2.07. The molecule has 112 valence electrons. The van der Waals surface area contributed by atoms with Gasteiger partial charge in [-0.3, -0.25) is 0 Å². The number of hydrogen-bond acceptors (Lipinski definition) is 2. The minimum absolute atomic E-state index is 0.139. The Morgan fingerprint density at radius 1 is 1.45 bits per heavy atom. The van der Waals surface area contributed by atoms with Crippen molar-refractivity contribution in [1.82, 2.24) is 5.32 Å². The van der Waals surface area contributed by atoms with Gasteiger partial charge < -0.3 is 10.1 Å². The van der Waals surface area contributed by atoms with Crippen molar-refractivity contribution in [3.63, 3.8) is 0 Å². The molecule has 1 aliphatic rings. The number of rotatable bonds is 6. The molecule has 0 aromatic heterocycles. The Morgan fingerprint density at radius 2 is 2.30 bits per heavy atom. The Bertz CT molecular complexity index is 415. The van der Waals surface area contributed by atoms with E-state index in [2.05, 4.69) is 19.2 Å². The van der Waals surface area contributed by atoms with Gasteiger partial charge in [0.15, 0.2) is 0 Å². The summed E-state index contributed by atoms with van der Waals surface area (Å²) < 4.78 is 19.1. The number of hydrogen-bond donors (Lipinski definition) is 1. The fraction of sp³-hybridized carbons (Fsp3) is 0.647. The summed E-state index contributed by atoms with van der Waals surface area (Å²) >= 11 is 0. The van der Waals surface area contributed by atoms with Crippen LogP contribution in [0.5, 0.6) is 0 Å². The molecular weight excluding hydrogens is 253 g/mol. The van der Waals surface area contributed by atoms with Crippen LogP contribution in [0.3, 0.4) is 0 Å². The van der Waals surface area contributed by atoms with Crippen LogP contribution in [0.2, 0.25) is 0 Å². The number of benzene rings is 1. The molecule has 2 atom stereocenters.